The van der Waals surface area contributed by atoms with Gasteiger partial charge in [-0.1, -0.05) is 47.0 Å². The molecular weight excluding hydrogens is 252 g/mol. The van der Waals surface area contributed by atoms with Crippen LogP contribution < -0.4 is 11.1 Å². The van der Waals surface area contributed by atoms with E-state index in [1.165, 1.54) is 0 Å². The maximum atomic E-state index is 12.2. The Morgan fingerprint density at radius 2 is 1.95 bits per heavy atom. The third-order valence-corrected chi connectivity index (χ3v) is 4.80. The number of carbonyl (C=O) groups is 1. The lowest BCUT2D eigenvalue weighted by atomic mass is 9.89. The molecular formula is C16H32N2O2. The van der Waals surface area contributed by atoms with Crippen molar-refractivity contribution in [3.05, 3.63) is 0 Å². The minimum atomic E-state index is -0.394. The highest BCUT2D eigenvalue weighted by atomic mass is 16.5. The van der Waals surface area contributed by atoms with E-state index >= 15 is 0 Å². The fraction of sp³-hybridized carbons (Fsp3) is 0.938. The van der Waals surface area contributed by atoms with E-state index in [-0.39, 0.29) is 24.0 Å². The van der Waals surface area contributed by atoms with Gasteiger partial charge in [-0.2, -0.15) is 0 Å². The number of ether oxygens (including phenoxy) is 1. The molecule has 4 heteroatoms. The van der Waals surface area contributed by atoms with Gasteiger partial charge < -0.3 is 15.8 Å². The summed E-state index contributed by atoms with van der Waals surface area (Å²) in [4.78, 5) is 12.2. The summed E-state index contributed by atoms with van der Waals surface area (Å²) in [6.07, 6.45) is 5.30. The minimum Gasteiger partial charge on any atom is -0.378 e. The topological polar surface area (TPSA) is 64.4 Å². The van der Waals surface area contributed by atoms with E-state index < -0.39 is 6.04 Å². The molecule has 1 rings (SSSR count). The van der Waals surface area contributed by atoms with Crippen molar-refractivity contribution >= 4 is 5.91 Å². The van der Waals surface area contributed by atoms with Gasteiger partial charge in [-0.25, -0.2) is 0 Å². The quantitative estimate of drug-likeness (QED) is 0.755. The lowest BCUT2D eigenvalue weighted by Gasteiger charge is -2.35. The van der Waals surface area contributed by atoms with Gasteiger partial charge in [0.05, 0.1) is 12.1 Å². The molecule has 1 aliphatic rings. The minimum absolute atomic E-state index is 0.00505. The molecule has 0 aromatic rings. The van der Waals surface area contributed by atoms with Gasteiger partial charge in [-0.15, -0.1) is 0 Å². The molecule has 0 saturated carbocycles. The third kappa shape index (κ3) is 4.74. The maximum Gasteiger partial charge on any atom is 0.237 e. The SMILES string of the molecule is CCC(C)C(N)C(=O)NC1CCOC(C(CC)CC)C1. The second kappa shape index (κ2) is 8.63. The third-order valence-electron chi connectivity index (χ3n) is 4.80. The lowest BCUT2D eigenvalue weighted by molar-refractivity contribution is -0.125. The van der Waals surface area contributed by atoms with Crippen molar-refractivity contribution in [3.8, 4) is 0 Å². The van der Waals surface area contributed by atoms with Crippen LogP contribution in [0, 0.1) is 11.8 Å². The number of hydrogen-bond acceptors (Lipinski definition) is 3. The van der Waals surface area contributed by atoms with Gasteiger partial charge in [0.2, 0.25) is 5.91 Å². The second-order valence-electron chi connectivity index (χ2n) is 6.13. The molecule has 1 amide bonds. The van der Waals surface area contributed by atoms with Crippen LogP contribution in [0.1, 0.15) is 59.8 Å². The van der Waals surface area contributed by atoms with Crippen LogP contribution in [0.15, 0.2) is 0 Å². The molecule has 118 valence electrons. The summed E-state index contributed by atoms with van der Waals surface area (Å²) in [7, 11) is 0. The van der Waals surface area contributed by atoms with Crippen LogP contribution in [0.2, 0.25) is 0 Å². The molecule has 0 aromatic heterocycles. The van der Waals surface area contributed by atoms with E-state index in [2.05, 4.69) is 26.1 Å². The molecule has 0 bridgehead atoms. The van der Waals surface area contributed by atoms with E-state index in [0.29, 0.717) is 5.92 Å². The van der Waals surface area contributed by atoms with E-state index in [1.54, 1.807) is 0 Å². The molecule has 4 unspecified atom stereocenters. The molecule has 1 saturated heterocycles. The number of amides is 1. The summed E-state index contributed by atoms with van der Waals surface area (Å²) >= 11 is 0. The Morgan fingerprint density at radius 1 is 1.30 bits per heavy atom. The molecule has 0 aliphatic carbocycles. The van der Waals surface area contributed by atoms with Crippen molar-refractivity contribution < 1.29 is 9.53 Å². The van der Waals surface area contributed by atoms with Crippen molar-refractivity contribution in [2.45, 2.75) is 78.0 Å². The van der Waals surface area contributed by atoms with Crippen molar-refractivity contribution in [1.82, 2.24) is 5.32 Å². The van der Waals surface area contributed by atoms with Gasteiger partial charge in [0.25, 0.3) is 0 Å². The molecule has 1 heterocycles. The summed E-state index contributed by atoms with van der Waals surface area (Å²) in [6, 6.07) is -0.175. The first-order valence-corrected chi connectivity index (χ1v) is 8.20. The summed E-state index contributed by atoms with van der Waals surface area (Å²) < 4.78 is 5.88. The molecule has 4 atom stereocenters. The van der Waals surface area contributed by atoms with Crippen LogP contribution in [-0.2, 0) is 9.53 Å². The van der Waals surface area contributed by atoms with Gasteiger partial charge in [-0.3, -0.25) is 4.79 Å². The fourth-order valence-electron chi connectivity index (χ4n) is 2.91. The van der Waals surface area contributed by atoms with Gasteiger partial charge >= 0.3 is 0 Å². The van der Waals surface area contributed by atoms with Gasteiger partial charge in [0.15, 0.2) is 0 Å². The Kier molecular flexibility index (Phi) is 7.52. The Balaban J connectivity index is 2.49. The zero-order valence-electron chi connectivity index (χ0n) is 13.5. The number of carbonyl (C=O) groups excluding carboxylic acids is 1. The van der Waals surface area contributed by atoms with Crippen LogP contribution >= 0.6 is 0 Å². The normalized spacial score (nSPS) is 26.3. The molecule has 20 heavy (non-hydrogen) atoms. The number of nitrogens with two attached hydrogens (primary N) is 1. The first-order valence-electron chi connectivity index (χ1n) is 8.20. The summed E-state index contributed by atoms with van der Waals surface area (Å²) in [6.45, 7) is 9.25. The van der Waals surface area contributed by atoms with Crippen molar-refractivity contribution in [1.29, 1.82) is 0 Å². The first-order chi connectivity index (χ1) is 9.53. The molecule has 1 fully saturated rings. The maximum absolute atomic E-state index is 12.2. The van der Waals surface area contributed by atoms with E-state index in [9.17, 15) is 4.79 Å². The van der Waals surface area contributed by atoms with E-state index in [0.717, 1.165) is 38.7 Å². The lowest BCUT2D eigenvalue weighted by Crippen LogP contribution is -2.51. The Bertz CT molecular complexity index is 292. The zero-order chi connectivity index (χ0) is 15.1. The smallest absolute Gasteiger partial charge is 0.237 e. The predicted octanol–water partition coefficient (Wildman–Crippen LogP) is 2.46. The van der Waals surface area contributed by atoms with Gasteiger partial charge in [0.1, 0.15) is 0 Å². The summed E-state index contributed by atoms with van der Waals surface area (Å²) in [5.74, 6) is 0.817. The Morgan fingerprint density at radius 3 is 2.50 bits per heavy atom. The van der Waals surface area contributed by atoms with Crippen LogP contribution in [0.3, 0.4) is 0 Å². The summed E-state index contributed by atoms with van der Waals surface area (Å²) in [5, 5.41) is 3.12. The first kappa shape index (κ1) is 17.4. The average molecular weight is 284 g/mol. The monoisotopic (exact) mass is 284 g/mol. The highest BCUT2D eigenvalue weighted by Crippen LogP contribution is 2.25. The van der Waals surface area contributed by atoms with Crippen molar-refractivity contribution in [3.63, 3.8) is 0 Å². The molecule has 0 aromatic carbocycles. The molecule has 3 N–H and O–H groups in total. The Labute approximate surface area is 123 Å². The van der Waals surface area contributed by atoms with Gasteiger partial charge in [-0.05, 0) is 24.7 Å². The van der Waals surface area contributed by atoms with Gasteiger partial charge in [0, 0.05) is 12.6 Å². The van der Waals surface area contributed by atoms with Crippen LogP contribution in [0.5, 0.6) is 0 Å². The highest BCUT2D eigenvalue weighted by molar-refractivity contribution is 5.82. The van der Waals surface area contributed by atoms with Crippen LogP contribution in [0.25, 0.3) is 0 Å². The fourth-order valence-corrected chi connectivity index (χ4v) is 2.91. The van der Waals surface area contributed by atoms with E-state index in [4.69, 9.17) is 10.5 Å². The number of hydrogen-bond donors (Lipinski definition) is 2. The largest absolute Gasteiger partial charge is 0.378 e. The standard InChI is InChI=1S/C16H32N2O2/c1-5-11(4)15(17)16(19)18-13-8-9-20-14(10-13)12(6-2)7-3/h11-15H,5-10,17H2,1-4H3,(H,18,19). The summed E-state index contributed by atoms with van der Waals surface area (Å²) in [5.41, 5.74) is 5.99. The number of nitrogens with one attached hydrogen (secondary N) is 1. The number of rotatable bonds is 7. The highest BCUT2D eigenvalue weighted by Gasteiger charge is 2.30. The van der Waals surface area contributed by atoms with E-state index in [1.807, 2.05) is 6.92 Å². The van der Waals surface area contributed by atoms with Crippen molar-refractivity contribution in [2.75, 3.05) is 6.61 Å². The molecule has 0 spiro atoms. The molecule has 1 aliphatic heterocycles. The second-order valence-corrected chi connectivity index (χ2v) is 6.13. The molecule has 4 nitrogen and oxygen atoms in total. The Hall–Kier alpha value is -0.610. The zero-order valence-corrected chi connectivity index (χ0v) is 13.5. The van der Waals surface area contributed by atoms with Crippen LogP contribution in [-0.4, -0.2) is 30.7 Å². The predicted molar refractivity (Wildman–Crippen MR) is 82.4 cm³/mol. The van der Waals surface area contributed by atoms with Crippen LogP contribution in [0.4, 0.5) is 0 Å². The molecule has 0 radical (unpaired) electrons. The average Bonchev–Trinajstić information content (AvgIpc) is 2.47. The van der Waals surface area contributed by atoms with Crippen molar-refractivity contribution in [2.24, 2.45) is 17.6 Å².